The molecule has 0 aliphatic carbocycles. The summed E-state index contributed by atoms with van der Waals surface area (Å²) < 4.78 is 1.64. The highest BCUT2D eigenvalue weighted by Crippen LogP contribution is 2.27. The first-order valence-corrected chi connectivity index (χ1v) is 10.7. The third kappa shape index (κ3) is 3.64. The maximum atomic E-state index is 12.9. The van der Waals surface area contributed by atoms with Crippen molar-refractivity contribution < 1.29 is 0 Å². The van der Waals surface area contributed by atoms with Gasteiger partial charge in [-0.15, -0.1) is 0 Å². The van der Waals surface area contributed by atoms with Gasteiger partial charge < -0.3 is 15.6 Å². The van der Waals surface area contributed by atoms with Crippen LogP contribution in [0, 0.1) is 0 Å². The fourth-order valence-corrected chi connectivity index (χ4v) is 3.89. The molecule has 0 bridgehead atoms. The molecule has 0 unspecified atom stereocenters. The van der Waals surface area contributed by atoms with Crippen molar-refractivity contribution in [3.8, 4) is 16.9 Å². The molecule has 0 radical (unpaired) electrons. The number of anilines is 1. The van der Waals surface area contributed by atoms with Gasteiger partial charge in [0, 0.05) is 31.4 Å². The smallest absolute Gasteiger partial charge is 0.331 e. The van der Waals surface area contributed by atoms with Gasteiger partial charge in [0.25, 0.3) is 0 Å². The van der Waals surface area contributed by atoms with Crippen LogP contribution >= 0.6 is 0 Å². The number of hydrogen-bond acceptors (Lipinski definition) is 6. The third-order valence-electron chi connectivity index (χ3n) is 5.73. The zero-order valence-corrected chi connectivity index (χ0v) is 19.0. The molecule has 0 atom stereocenters. The predicted octanol–water partition coefficient (Wildman–Crippen LogP) is 3.58. The van der Waals surface area contributed by atoms with Gasteiger partial charge in [0.15, 0.2) is 0 Å². The minimum Gasteiger partial charge on any atom is -0.363 e. The van der Waals surface area contributed by atoms with Gasteiger partial charge >= 0.3 is 5.69 Å². The van der Waals surface area contributed by atoms with Gasteiger partial charge in [-0.3, -0.25) is 9.55 Å². The number of H-pyrrole nitrogens is 1. The van der Waals surface area contributed by atoms with Crippen molar-refractivity contribution in [2.75, 3.05) is 19.0 Å². The Morgan fingerprint density at radius 3 is 2.36 bits per heavy atom. The number of nitrogens with two attached hydrogens (primary N) is 1. The lowest BCUT2D eigenvalue weighted by molar-refractivity contribution is 0.554. The van der Waals surface area contributed by atoms with Gasteiger partial charge in [-0.25, -0.2) is 14.8 Å². The second-order valence-corrected chi connectivity index (χ2v) is 8.92. The van der Waals surface area contributed by atoms with Crippen LogP contribution in [0.4, 0.5) is 5.82 Å². The normalized spacial score (nSPS) is 11.9. The van der Waals surface area contributed by atoms with E-state index in [1.54, 1.807) is 17.0 Å². The number of rotatable bonds is 4. The number of aromatic nitrogens is 5. The summed E-state index contributed by atoms with van der Waals surface area (Å²) in [6.07, 6.45) is 3.47. The van der Waals surface area contributed by atoms with Crippen LogP contribution < -0.4 is 16.3 Å². The molecule has 1 aromatic carbocycles. The van der Waals surface area contributed by atoms with Crippen LogP contribution in [0.15, 0.2) is 65.7 Å². The highest BCUT2D eigenvalue weighted by molar-refractivity contribution is 6.01. The third-order valence-corrected chi connectivity index (χ3v) is 5.73. The fraction of sp³-hybridized carbons (Fsp3) is 0.200. The molecule has 3 N–H and O–H groups in total. The standard InChI is InChI=1S/C25H25N7O/c1-25(2,26)16-6-8-17(9-7-16)32-23-20(30-24(32)33)14-27-19-11-10-18(29-22(19)23)15-5-12-21(28-13-15)31(3)4/h5-14H,26H2,1-4H3,(H,30,33). The fourth-order valence-electron chi connectivity index (χ4n) is 3.89. The van der Waals surface area contributed by atoms with Gasteiger partial charge in [0.1, 0.15) is 16.9 Å². The molecule has 0 amide bonds. The Hall–Kier alpha value is -4.04. The van der Waals surface area contributed by atoms with Crippen molar-refractivity contribution in [3.63, 3.8) is 0 Å². The van der Waals surface area contributed by atoms with Crippen molar-refractivity contribution in [2.45, 2.75) is 19.4 Å². The zero-order valence-electron chi connectivity index (χ0n) is 19.0. The van der Waals surface area contributed by atoms with Crippen LogP contribution in [0.5, 0.6) is 0 Å². The monoisotopic (exact) mass is 439 g/mol. The molecule has 0 saturated heterocycles. The van der Waals surface area contributed by atoms with E-state index >= 15 is 0 Å². The van der Waals surface area contributed by atoms with E-state index in [0.29, 0.717) is 22.1 Å². The molecular formula is C25H25N7O. The SMILES string of the molecule is CN(C)c1ccc(-c2ccc3ncc4[nH]c(=O)n(-c5ccc(C(C)(C)N)cc5)c4c3n2)cn1. The molecule has 4 aromatic heterocycles. The lowest BCUT2D eigenvalue weighted by Gasteiger charge is -2.19. The van der Waals surface area contributed by atoms with Gasteiger partial charge in [-0.1, -0.05) is 12.1 Å². The molecule has 0 spiro atoms. The topological polar surface area (TPSA) is 106 Å². The van der Waals surface area contributed by atoms with Crippen molar-refractivity contribution >= 4 is 27.9 Å². The van der Waals surface area contributed by atoms with Crippen LogP contribution in [-0.2, 0) is 5.54 Å². The van der Waals surface area contributed by atoms with Crippen molar-refractivity contribution in [2.24, 2.45) is 5.73 Å². The summed E-state index contributed by atoms with van der Waals surface area (Å²) in [6.45, 7) is 3.90. The number of imidazole rings is 1. The minimum atomic E-state index is -0.465. The lowest BCUT2D eigenvalue weighted by Crippen LogP contribution is -2.28. The van der Waals surface area contributed by atoms with E-state index in [-0.39, 0.29) is 5.69 Å². The second-order valence-electron chi connectivity index (χ2n) is 8.92. The molecule has 8 heteroatoms. The Morgan fingerprint density at radius 2 is 1.73 bits per heavy atom. The average Bonchev–Trinajstić information content (AvgIpc) is 3.14. The highest BCUT2D eigenvalue weighted by Gasteiger charge is 2.17. The van der Waals surface area contributed by atoms with Gasteiger partial charge in [-0.2, -0.15) is 0 Å². The predicted molar refractivity (Wildman–Crippen MR) is 132 cm³/mol. The molecule has 0 fully saturated rings. The van der Waals surface area contributed by atoms with Crippen LogP contribution in [0.25, 0.3) is 39.0 Å². The molecule has 166 valence electrons. The van der Waals surface area contributed by atoms with Crippen molar-refractivity contribution in [3.05, 3.63) is 77.0 Å². The molecule has 0 aliphatic heterocycles. The molecule has 0 aliphatic rings. The molecular weight excluding hydrogens is 414 g/mol. The number of fused-ring (bicyclic) bond motifs is 3. The summed E-state index contributed by atoms with van der Waals surface area (Å²) in [5, 5.41) is 0. The molecule has 5 rings (SSSR count). The Bertz CT molecular complexity index is 1520. The molecule has 4 heterocycles. The Morgan fingerprint density at radius 1 is 0.970 bits per heavy atom. The van der Waals surface area contributed by atoms with Gasteiger partial charge in [0.2, 0.25) is 0 Å². The van der Waals surface area contributed by atoms with E-state index in [4.69, 9.17) is 10.7 Å². The lowest BCUT2D eigenvalue weighted by atomic mass is 9.95. The summed E-state index contributed by atoms with van der Waals surface area (Å²) >= 11 is 0. The molecule has 33 heavy (non-hydrogen) atoms. The number of aromatic amines is 1. The van der Waals surface area contributed by atoms with Crippen LogP contribution in [0.3, 0.4) is 0 Å². The van der Waals surface area contributed by atoms with E-state index in [0.717, 1.165) is 28.3 Å². The van der Waals surface area contributed by atoms with E-state index in [9.17, 15) is 4.79 Å². The first kappa shape index (κ1) is 20.8. The largest absolute Gasteiger partial charge is 0.363 e. The Kier molecular flexibility index (Phi) is 4.75. The summed E-state index contributed by atoms with van der Waals surface area (Å²) in [5.74, 6) is 0.868. The maximum Gasteiger partial charge on any atom is 0.331 e. The van der Waals surface area contributed by atoms with Crippen molar-refractivity contribution in [1.29, 1.82) is 0 Å². The molecule has 5 aromatic rings. The second kappa shape index (κ2) is 7.53. The van der Waals surface area contributed by atoms with E-state index in [1.165, 1.54) is 0 Å². The zero-order chi connectivity index (χ0) is 23.3. The first-order chi connectivity index (χ1) is 15.7. The first-order valence-electron chi connectivity index (χ1n) is 10.7. The Balaban J connectivity index is 1.70. The number of benzene rings is 1. The summed E-state index contributed by atoms with van der Waals surface area (Å²) in [7, 11) is 3.90. The van der Waals surface area contributed by atoms with E-state index in [2.05, 4.69) is 15.0 Å². The molecule has 0 saturated carbocycles. The Labute approximate surface area is 190 Å². The van der Waals surface area contributed by atoms with Crippen LogP contribution in [0.1, 0.15) is 19.4 Å². The highest BCUT2D eigenvalue weighted by atomic mass is 16.1. The minimum absolute atomic E-state index is 0.247. The quantitative estimate of drug-likeness (QED) is 0.443. The average molecular weight is 440 g/mol. The number of hydrogen-bond donors (Lipinski definition) is 2. The van der Waals surface area contributed by atoms with Crippen LogP contribution in [0.2, 0.25) is 0 Å². The number of pyridine rings is 3. The van der Waals surface area contributed by atoms with Gasteiger partial charge in [0.05, 0.1) is 28.6 Å². The molecule has 8 nitrogen and oxygen atoms in total. The summed E-state index contributed by atoms with van der Waals surface area (Å²) in [6, 6.07) is 15.5. The van der Waals surface area contributed by atoms with Gasteiger partial charge in [-0.05, 0) is 55.8 Å². The maximum absolute atomic E-state index is 12.9. The van der Waals surface area contributed by atoms with Crippen molar-refractivity contribution in [1.82, 2.24) is 24.5 Å². The van der Waals surface area contributed by atoms with Crippen LogP contribution in [-0.4, -0.2) is 38.6 Å². The number of nitrogens with one attached hydrogen (secondary N) is 1. The van der Waals surface area contributed by atoms with E-state index in [1.807, 2.05) is 81.4 Å². The summed E-state index contributed by atoms with van der Waals surface area (Å²) in [4.78, 5) is 31.7. The summed E-state index contributed by atoms with van der Waals surface area (Å²) in [5.41, 5.74) is 11.5. The number of nitrogens with zero attached hydrogens (tertiary/aromatic N) is 5. The van der Waals surface area contributed by atoms with E-state index < -0.39 is 5.54 Å².